The minimum absolute atomic E-state index is 0.0280. The van der Waals surface area contributed by atoms with Gasteiger partial charge in [-0.05, 0) is 75.2 Å². The van der Waals surface area contributed by atoms with Crippen LogP contribution in [-0.4, -0.2) is 65.7 Å². The van der Waals surface area contributed by atoms with Gasteiger partial charge in [-0.1, -0.05) is 54.1 Å². The maximum atomic E-state index is 13.8. The molecule has 2 atom stereocenters. The Kier molecular flexibility index (Phi) is 9.15. The number of benzene rings is 4. The Morgan fingerprint density at radius 3 is 2.42 bits per heavy atom. The van der Waals surface area contributed by atoms with Crippen LogP contribution in [-0.2, 0) is 27.8 Å². The number of ether oxygens (including phenoxy) is 5. The van der Waals surface area contributed by atoms with Gasteiger partial charge in [0.2, 0.25) is 6.79 Å². The zero-order valence-electron chi connectivity index (χ0n) is 29.2. The van der Waals surface area contributed by atoms with E-state index in [1.54, 1.807) is 51.5 Å². The third-order valence-electron chi connectivity index (χ3n) is 9.75. The van der Waals surface area contributed by atoms with E-state index in [1.165, 1.54) is 5.56 Å². The van der Waals surface area contributed by atoms with Crippen LogP contribution in [0.1, 0.15) is 45.0 Å². The Bertz CT molecular complexity index is 2050. The Morgan fingerprint density at radius 2 is 1.70 bits per heavy atom. The van der Waals surface area contributed by atoms with Crippen molar-refractivity contribution in [3.63, 3.8) is 0 Å². The first-order valence-corrected chi connectivity index (χ1v) is 18.0. The number of rotatable bonds is 10. The zero-order valence-corrected chi connectivity index (χ0v) is 30.0. The van der Waals surface area contributed by atoms with E-state index in [4.69, 9.17) is 27.9 Å². The lowest BCUT2D eigenvalue weighted by Gasteiger charge is -2.52. The number of hydrogen-bond acceptors (Lipinski definition) is 10. The first-order valence-electron chi connectivity index (χ1n) is 16.6. The van der Waals surface area contributed by atoms with Crippen LogP contribution in [0, 0.1) is 20.8 Å². The average Bonchev–Trinajstić information content (AvgIpc) is 3.57. The molecule has 0 N–H and O–H groups in total. The minimum atomic E-state index is -4.20. The molecular weight excluding hydrogens is 657 g/mol. The molecule has 0 saturated carbocycles. The first kappa shape index (κ1) is 33.8. The fraction of sp³-hybridized carbons (Fsp3) is 0.333. The summed E-state index contributed by atoms with van der Waals surface area (Å²) >= 11 is 0. The van der Waals surface area contributed by atoms with Crippen LogP contribution in [0.4, 0.5) is 0 Å². The summed E-state index contributed by atoms with van der Waals surface area (Å²) in [5.41, 5.74) is 7.26. The van der Waals surface area contributed by atoms with Crippen molar-refractivity contribution in [3.8, 4) is 28.7 Å². The van der Waals surface area contributed by atoms with Crippen LogP contribution in [0.3, 0.4) is 0 Å². The molecule has 0 amide bonds. The van der Waals surface area contributed by atoms with Crippen molar-refractivity contribution in [3.05, 3.63) is 111 Å². The predicted octanol–water partition coefficient (Wildman–Crippen LogP) is 6.55. The lowest BCUT2D eigenvalue weighted by atomic mass is 9.81. The lowest BCUT2D eigenvalue weighted by molar-refractivity contribution is 0.0399. The molecule has 0 spiro atoms. The highest BCUT2D eigenvalue weighted by atomic mass is 32.2. The van der Waals surface area contributed by atoms with E-state index in [2.05, 4.69) is 35.0 Å². The van der Waals surface area contributed by atoms with Gasteiger partial charge in [-0.15, -0.1) is 0 Å². The SMILES string of the molecule is COCOc1c(OC)c(C)cc2c1[C@@H]1C(=Cc3cc4c(c(C)c3OS(=O)(=O)c3ccc(C)cc3)OCO4)N(Cc3ccccc3)C[C@H](C2)N1C. The summed E-state index contributed by atoms with van der Waals surface area (Å²) in [5, 5.41) is 0. The highest BCUT2D eigenvalue weighted by Gasteiger charge is 2.44. The molecule has 3 aliphatic heterocycles. The second-order valence-corrected chi connectivity index (χ2v) is 14.6. The van der Waals surface area contributed by atoms with Crippen LogP contribution in [0.25, 0.3) is 6.08 Å². The van der Waals surface area contributed by atoms with Gasteiger partial charge in [0.25, 0.3) is 0 Å². The Balaban J connectivity index is 1.45. The minimum Gasteiger partial charge on any atom is -0.493 e. The van der Waals surface area contributed by atoms with Gasteiger partial charge in [0.15, 0.2) is 35.5 Å². The van der Waals surface area contributed by atoms with E-state index < -0.39 is 10.1 Å². The highest BCUT2D eigenvalue weighted by Crippen LogP contribution is 2.52. The van der Waals surface area contributed by atoms with Crippen molar-refractivity contribution in [2.75, 3.05) is 41.4 Å². The van der Waals surface area contributed by atoms with Crippen molar-refractivity contribution in [2.24, 2.45) is 0 Å². The third kappa shape index (κ3) is 6.14. The van der Waals surface area contributed by atoms with Crippen molar-refractivity contribution in [1.82, 2.24) is 9.80 Å². The molecule has 1 saturated heterocycles. The summed E-state index contributed by atoms with van der Waals surface area (Å²) in [6.45, 7) is 7.19. The molecule has 3 heterocycles. The molecule has 11 heteroatoms. The topological polar surface area (TPSA) is 96.0 Å². The summed E-state index contributed by atoms with van der Waals surface area (Å²) in [5.74, 6) is 2.45. The van der Waals surface area contributed by atoms with E-state index in [1.807, 2.05) is 38.1 Å². The van der Waals surface area contributed by atoms with Crippen LogP contribution in [0.2, 0.25) is 0 Å². The molecule has 0 aliphatic carbocycles. The Morgan fingerprint density at radius 1 is 0.940 bits per heavy atom. The number of likely N-dealkylation sites (N-methyl/N-ethyl adjacent to an activating group) is 1. The van der Waals surface area contributed by atoms with Gasteiger partial charge in [0.1, 0.15) is 4.90 Å². The van der Waals surface area contributed by atoms with Gasteiger partial charge >= 0.3 is 10.1 Å². The van der Waals surface area contributed by atoms with Crippen LogP contribution >= 0.6 is 0 Å². The summed E-state index contributed by atoms with van der Waals surface area (Å²) < 4.78 is 62.8. The monoisotopic (exact) mass is 698 g/mol. The summed E-state index contributed by atoms with van der Waals surface area (Å²) in [6, 6.07) is 20.9. The molecule has 50 heavy (non-hydrogen) atoms. The van der Waals surface area contributed by atoms with Crippen molar-refractivity contribution < 1.29 is 36.3 Å². The molecular formula is C39H42N2O8S. The maximum Gasteiger partial charge on any atom is 0.339 e. The van der Waals surface area contributed by atoms with E-state index in [0.29, 0.717) is 40.7 Å². The predicted molar refractivity (Wildman–Crippen MR) is 189 cm³/mol. The number of nitrogens with zero attached hydrogens (tertiary/aromatic N) is 2. The molecule has 7 rings (SSSR count). The molecule has 4 aromatic rings. The number of hydrogen-bond donors (Lipinski definition) is 0. The Hall–Kier alpha value is -4.71. The van der Waals surface area contributed by atoms with Crippen molar-refractivity contribution in [2.45, 2.75) is 50.7 Å². The average molecular weight is 699 g/mol. The molecule has 10 nitrogen and oxygen atoms in total. The summed E-state index contributed by atoms with van der Waals surface area (Å²) in [7, 11) is 1.17. The molecule has 1 fully saturated rings. The molecule has 3 aliphatic rings. The molecule has 0 aromatic heterocycles. The zero-order chi connectivity index (χ0) is 35.2. The summed E-state index contributed by atoms with van der Waals surface area (Å²) in [6.07, 6.45) is 2.85. The van der Waals surface area contributed by atoms with Gasteiger partial charge in [-0.25, -0.2) is 0 Å². The fourth-order valence-corrected chi connectivity index (χ4v) is 8.32. The summed E-state index contributed by atoms with van der Waals surface area (Å²) in [4.78, 5) is 4.81. The molecule has 0 radical (unpaired) electrons. The number of aryl methyl sites for hydroxylation is 2. The molecule has 262 valence electrons. The smallest absolute Gasteiger partial charge is 0.339 e. The third-order valence-corrected chi connectivity index (χ3v) is 11.0. The van der Waals surface area contributed by atoms with Crippen LogP contribution in [0.15, 0.2) is 77.3 Å². The van der Waals surface area contributed by atoms with E-state index in [0.717, 1.165) is 40.9 Å². The second kappa shape index (κ2) is 13.5. The van der Waals surface area contributed by atoms with Crippen LogP contribution in [0.5, 0.6) is 28.7 Å². The highest BCUT2D eigenvalue weighted by molar-refractivity contribution is 7.87. The first-order chi connectivity index (χ1) is 24.1. The van der Waals surface area contributed by atoms with Gasteiger partial charge in [0, 0.05) is 48.6 Å². The van der Waals surface area contributed by atoms with E-state index in [9.17, 15) is 8.42 Å². The molecule has 4 aromatic carbocycles. The maximum absolute atomic E-state index is 13.8. The van der Waals surface area contributed by atoms with Gasteiger partial charge in [-0.3, -0.25) is 4.90 Å². The largest absolute Gasteiger partial charge is 0.493 e. The Labute approximate surface area is 293 Å². The number of fused-ring (bicyclic) bond motifs is 5. The van der Waals surface area contributed by atoms with Crippen LogP contribution < -0.4 is 23.1 Å². The van der Waals surface area contributed by atoms with Gasteiger partial charge in [0.05, 0.1) is 13.2 Å². The van der Waals surface area contributed by atoms with E-state index >= 15 is 0 Å². The van der Waals surface area contributed by atoms with Gasteiger partial charge < -0.3 is 32.8 Å². The second-order valence-electron chi connectivity index (χ2n) is 13.0. The fourth-order valence-electron chi connectivity index (χ4n) is 7.32. The molecule has 2 bridgehead atoms. The number of piperazine rings is 1. The normalized spacial score (nSPS) is 19.0. The lowest BCUT2D eigenvalue weighted by Crippen LogP contribution is -2.54. The number of methoxy groups -OCH3 is 2. The van der Waals surface area contributed by atoms with Crippen molar-refractivity contribution >= 4 is 16.2 Å². The van der Waals surface area contributed by atoms with E-state index in [-0.39, 0.29) is 36.3 Å². The quantitative estimate of drug-likeness (QED) is 0.134. The van der Waals surface area contributed by atoms with Gasteiger partial charge in [-0.2, -0.15) is 8.42 Å². The molecule has 0 unspecified atom stereocenters. The van der Waals surface area contributed by atoms with Crippen molar-refractivity contribution in [1.29, 1.82) is 0 Å². The standard InChI is InChI=1S/C39H42N2O8S/c1-24-12-14-31(15-13-24)50(42,43)49-37-26(3)38-33(46-23-48-38)19-29(37)18-32-35-34-28(16-25(2)36(45-6)39(34)47-22-44-5)17-30(40(35)4)21-41(32)20-27-10-8-7-9-11-27/h7-16,18-19,30,35H,17,20-23H2,1-6H3/t30-,35-/m0/s1.